The monoisotopic (exact) mass is 346 g/mol. The van der Waals surface area contributed by atoms with Crippen LogP contribution in [0.4, 0.5) is 13.2 Å². The normalized spacial score (nSPS) is 15.8. The van der Waals surface area contributed by atoms with E-state index in [4.69, 9.17) is 9.47 Å². The van der Waals surface area contributed by atoms with Crippen molar-refractivity contribution in [2.24, 2.45) is 0 Å². The second-order valence-corrected chi connectivity index (χ2v) is 5.63. The van der Waals surface area contributed by atoms with Crippen LogP contribution in [0.15, 0.2) is 24.3 Å². The Labute approximate surface area is 138 Å². The number of carbonyl (C=O) groups excluding carboxylic acids is 1. The molecule has 1 aromatic rings. The number of ether oxygens (including phenoxy) is 2. The lowest BCUT2D eigenvalue weighted by atomic mass is 10.1. The van der Waals surface area contributed by atoms with Gasteiger partial charge in [-0.3, -0.25) is 4.79 Å². The van der Waals surface area contributed by atoms with Crippen molar-refractivity contribution >= 4 is 5.91 Å². The fourth-order valence-electron chi connectivity index (χ4n) is 2.49. The first kappa shape index (κ1) is 18.4. The predicted molar refractivity (Wildman–Crippen MR) is 82.1 cm³/mol. The van der Waals surface area contributed by atoms with E-state index in [1.165, 1.54) is 12.1 Å². The van der Waals surface area contributed by atoms with Gasteiger partial charge in [-0.05, 0) is 38.1 Å². The maximum absolute atomic E-state index is 12.3. The zero-order valence-electron chi connectivity index (χ0n) is 13.4. The van der Waals surface area contributed by atoms with Crippen molar-refractivity contribution in [1.29, 1.82) is 0 Å². The first-order chi connectivity index (χ1) is 11.4. The van der Waals surface area contributed by atoms with Crippen molar-refractivity contribution in [2.75, 3.05) is 33.4 Å². The zero-order chi connectivity index (χ0) is 17.6. The number of halogens is 3. The van der Waals surface area contributed by atoms with Gasteiger partial charge in [0.2, 0.25) is 0 Å². The van der Waals surface area contributed by atoms with Gasteiger partial charge in [0.1, 0.15) is 0 Å². The molecule has 1 heterocycles. The average Bonchev–Trinajstić information content (AvgIpc) is 2.58. The minimum atomic E-state index is -4.43. The predicted octanol–water partition coefficient (Wildman–Crippen LogP) is 2.22. The summed E-state index contributed by atoms with van der Waals surface area (Å²) in [7, 11) is 1.72. The number of nitrogens with one attached hydrogen (secondary N) is 1. The number of piperidine rings is 1. The molecule has 1 aliphatic rings. The summed E-state index contributed by atoms with van der Waals surface area (Å²) >= 11 is 0. The number of hydrogen-bond donors (Lipinski definition) is 1. The highest BCUT2D eigenvalue weighted by atomic mass is 19.4. The van der Waals surface area contributed by atoms with Crippen LogP contribution in [0.3, 0.4) is 0 Å². The number of hydrogen-bond acceptors (Lipinski definition) is 4. The van der Waals surface area contributed by atoms with Gasteiger partial charge in [-0.2, -0.15) is 13.2 Å². The number of likely N-dealkylation sites (N-methyl/N-ethyl adjacent to an activating group) is 1. The van der Waals surface area contributed by atoms with Crippen LogP contribution in [0.5, 0.6) is 11.5 Å². The lowest BCUT2D eigenvalue weighted by Gasteiger charge is -2.31. The van der Waals surface area contributed by atoms with Crippen LogP contribution in [-0.2, 0) is 4.79 Å². The first-order valence-electron chi connectivity index (χ1n) is 7.74. The van der Waals surface area contributed by atoms with Gasteiger partial charge in [-0.25, -0.2) is 0 Å². The Morgan fingerprint density at radius 2 is 1.79 bits per heavy atom. The summed E-state index contributed by atoms with van der Waals surface area (Å²) in [6.45, 7) is 0.0671. The molecule has 1 amide bonds. The molecule has 5 nitrogen and oxygen atoms in total. The fourth-order valence-corrected chi connectivity index (χ4v) is 2.49. The second-order valence-electron chi connectivity index (χ2n) is 5.63. The van der Waals surface area contributed by atoms with Crippen LogP contribution < -0.4 is 14.8 Å². The number of nitrogens with zero attached hydrogens (tertiary/aromatic N) is 1. The minimum Gasteiger partial charge on any atom is -0.480 e. The molecule has 8 heteroatoms. The second kappa shape index (κ2) is 8.23. The van der Waals surface area contributed by atoms with E-state index in [1.54, 1.807) is 24.1 Å². The Bertz CT molecular complexity index is 546. The molecule has 0 aliphatic carbocycles. The van der Waals surface area contributed by atoms with Gasteiger partial charge in [-0.1, -0.05) is 12.1 Å². The van der Waals surface area contributed by atoms with Gasteiger partial charge >= 0.3 is 6.18 Å². The molecule has 0 aromatic heterocycles. The van der Waals surface area contributed by atoms with Gasteiger partial charge in [0.05, 0.1) is 0 Å². The Kier molecular flexibility index (Phi) is 6.30. The van der Waals surface area contributed by atoms with Gasteiger partial charge in [0.15, 0.2) is 24.7 Å². The Morgan fingerprint density at radius 1 is 1.21 bits per heavy atom. The topological polar surface area (TPSA) is 50.8 Å². The lowest BCUT2D eigenvalue weighted by molar-refractivity contribution is -0.153. The highest BCUT2D eigenvalue weighted by Gasteiger charge is 2.29. The van der Waals surface area contributed by atoms with Crippen molar-refractivity contribution in [3.63, 3.8) is 0 Å². The molecule has 0 bridgehead atoms. The first-order valence-corrected chi connectivity index (χ1v) is 7.74. The van der Waals surface area contributed by atoms with Gasteiger partial charge in [-0.15, -0.1) is 0 Å². The Balaban J connectivity index is 1.90. The molecule has 0 saturated carbocycles. The number of para-hydroxylation sites is 2. The number of alkyl halides is 3. The number of amides is 1. The molecule has 24 heavy (non-hydrogen) atoms. The van der Waals surface area contributed by atoms with E-state index in [0.717, 1.165) is 25.9 Å². The zero-order valence-corrected chi connectivity index (χ0v) is 13.4. The van der Waals surface area contributed by atoms with Crippen molar-refractivity contribution < 1.29 is 27.4 Å². The van der Waals surface area contributed by atoms with E-state index >= 15 is 0 Å². The molecule has 1 aromatic carbocycles. The van der Waals surface area contributed by atoms with Crippen LogP contribution in [0.25, 0.3) is 0 Å². The Hall–Kier alpha value is -1.96. The van der Waals surface area contributed by atoms with E-state index in [9.17, 15) is 18.0 Å². The third kappa shape index (κ3) is 5.59. The standard InChI is InChI=1S/C16H21F3N2O3/c1-21(12-6-8-20-9-7-12)15(22)10-23-13-4-2-3-5-14(13)24-11-16(17,18)19/h2-5,12,20H,6-11H2,1H3. The van der Waals surface area contributed by atoms with E-state index in [2.05, 4.69) is 5.32 Å². The van der Waals surface area contributed by atoms with Crippen LogP contribution in [-0.4, -0.2) is 56.4 Å². The van der Waals surface area contributed by atoms with Crippen molar-refractivity contribution in [2.45, 2.75) is 25.1 Å². The van der Waals surface area contributed by atoms with Crippen LogP contribution in [0.1, 0.15) is 12.8 Å². The Morgan fingerprint density at radius 3 is 2.38 bits per heavy atom. The third-order valence-electron chi connectivity index (χ3n) is 3.84. The summed E-state index contributed by atoms with van der Waals surface area (Å²) in [4.78, 5) is 13.8. The largest absolute Gasteiger partial charge is 0.480 e. The number of carbonyl (C=O) groups is 1. The minimum absolute atomic E-state index is 0.0351. The molecule has 0 atom stereocenters. The summed E-state index contributed by atoms with van der Waals surface area (Å²) < 4.78 is 46.9. The molecule has 2 rings (SSSR count). The molecule has 0 spiro atoms. The third-order valence-corrected chi connectivity index (χ3v) is 3.84. The number of rotatable bonds is 6. The quantitative estimate of drug-likeness (QED) is 0.858. The van der Waals surface area contributed by atoms with Crippen LogP contribution in [0, 0.1) is 0 Å². The maximum Gasteiger partial charge on any atom is 0.422 e. The van der Waals surface area contributed by atoms with E-state index in [-0.39, 0.29) is 30.1 Å². The van der Waals surface area contributed by atoms with Crippen molar-refractivity contribution in [1.82, 2.24) is 10.2 Å². The van der Waals surface area contributed by atoms with E-state index < -0.39 is 12.8 Å². The SMILES string of the molecule is CN(C(=O)COc1ccccc1OCC(F)(F)F)C1CCNCC1. The van der Waals surface area contributed by atoms with E-state index in [1.807, 2.05) is 0 Å². The number of benzene rings is 1. The van der Waals surface area contributed by atoms with Crippen molar-refractivity contribution in [3.8, 4) is 11.5 Å². The van der Waals surface area contributed by atoms with E-state index in [0.29, 0.717) is 0 Å². The smallest absolute Gasteiger partial charge is 0.422 e. The highest BCUT2D eigenvalue weighted by molar-refractivity contribution is 5.78. The highest BCUT2D eigenvalue weighted by Crippen LogP contribution is 2.28. The molecular weight excluding hydrogens is 325 g/mol. The molecule has 1 aliphatic heterocycles. The van der Waals surface area contributed by atoms with Crippen LogP contribution in [0.2, 0.25) is 0 Å². The summed E-state index contributed by atoms with van der Waals surface area (Å²) in [5.41, 5.74) is 0. The van der Waals surface area contributed by atoms with Gasteiger partial charge in [0, 0.05) is 13.1 Å². The summed E-state index contributed by atoms with van der Waals surface area (Å²) in [6, 6.07) is 6.16. The summed E-state index contributed by atoms with van der Waals surface area (Å²) in [5, 5.41) is 3.22. The van der Waals surface area contributed by atoms with Gasteiger partial charge < -0.3 is 19.7 Å². The summed E-state index contributed by atoms with van der Waals surface area (Å²) in [5.74, 6) is -0.131. The molecule has 1 fully saturated rings. The molecule has 134 valence electrons. The lowest BCUT2D eigenvalue weighted by Crippen LogP contribution is -2.45. The molecule has 1 saturated heterocycles. The van der Waals surface area contributed by atoms with Crippen LogP contribution >= 0.6 is 0 Å². The fraction of sp³-hybridized carbons (Fsp3) is 0.562. The van der Waals surface area contributed by atoms with Crippen molar-refractivity contribution in [3.05, 3.63) is 24.3 Å². The molecule has 0 unspecified atom stereocenters. The average molecular weight is 346 g/mol. The summed E-state index contributed by atoms with van der Waals surface area (Å²) in [6.07, 6.45) is -2.70. The maximum atomic E-state index is 12.3. The van der Waals surface area contributed by atoms with Gasteiger partial charge in [0.25, 0.3) is 5.91 Å². The molecule has 1 N–H and O–H groups in total. The molecule has 0 radical (unpaired) electrons. The molecular formula is C16H21F3N2O3.